The minimum atomic E-state index is -3.63. The Bertz CT molecular complexity index is 587. The summed E-state index contributed by atoms with van der Waals surface area (Å²) in [4.78, 5) is 13.4. The normalized spacial score (nSPS) is 18.1. The fourth-order valence-electron chi connectivity index (χ4n) is 2.34. The average molecular weight is 301 g/mol. The molecule has 0 atom stereocenters. The smallest absolute Gasteiger partial charge is 0.248 e. The van der Waals surface area contributed by atoms with E-state index in [0.29, 0.717) is 25.9 Å². The average Bonchev–Trinajstić information content (AvgIpc) is 2.85. The van der Waals surface area contributed by atoms with E-state index in [1.165, 1.54) is 10.5 Å². The van der Waals surface area contributed by atoms with Crippen LogP contribution in [0, 0.1) is 5.92 Å². The standard InChI is InChI=1S/C11H19N5O3S/c1-15(2)11(17)8-3-5-16(6-4-8)20(18,19)9-7-13-14-10(9)12/h7-8H,3-6H2,1-2H3,(H3,12,13,14). The Hall–Kier alpha value is -1.61. The molecule has 3 N–H and O–H groups in total. The van der Waals surface area contributed by atoms with Crippen LogP contribution in [0.2, 0.25) is 0 Å². The summed E-state index contributed by atoms with van der Waals surface area (Å²) in [5.74, 6) is -0.0282. The predicted molar refractivity (Wildman–Crippen MR) is 73.2 cm³/mol. The molecule has 8 nitrogen and oxygen atoms in total. The maximum Gasteiger partial charge on any atom is 0.248 e. The second kappa shape index (κ2) is 5.41. The van der Waals surface area contributed by atoms with Crippen LogP contribution in [0.4, 0.5) is 5.82 Å². The molecule has 0 spiro atoms. The molecule has 9 heteroatoms. The van der Waals surface area contributed by atoms with Crippen molar-refractivity contribution in [3.63, 3.8) is 0 Å². The number of aromatic amines is 1. The molecule has 1 aliphatic heterocycles. The van der Waals surface area contributed by atoms with E-state index in [9.17, 15) is 13.2 Å². The Morgan fingerprint density at radius 1 is 1.45 bits per heavy atom. The highest BCUT2D eigenvalue weighted by Gasteiger charge is 2.34. The number of nitrogens with one attached hydrogen (secondary N) is 1. The third kappa shape index (κ3) is 2.63. The highest BCUT2D eigenvalue weighted by Crippen LogP contribution is 2.26. The van der Waals surface area contributed by atoms with Crippen molar-refractivity contribution in [2.45, 2.75) is 17.7 Å². The molecule has 1 amide bonds. The minimum Gasteiger partial charge on any atom is -0.383 e. The number of sulfonamides is 1. The van der Waals surface area contributed by atoms with E-state index in [1.54, 1.807) is 19.0 Å². The van der Waals surface area contributed by atoms with Crippen molar-refractivity contribution < 1.29 is 13.2 Å². The number of piperidine rings is 1. The monoisotopic (exact) mass is 301 g/mol. The fourth-order valence-corrected chi connectivity index (χ4v) is 3.82. The molecule has 20 heavy (non-hydrogen) atoms. The van der Waals surface area contributed by atoms with Gasteiger partial charge in [0.25, 0.3) is 0 Å². The minimum absolute atomic E-state index is 0.00474. The molecule has 112 valence electrons. The Morgan fingerprint density at radius 3 is 2.50 bits per heavy atom. The van der Waals surface area contributed by atoms with Crippen molar-refractivity contribution in [3.8, 4) is 0 Å². The van der Waals surface area contributed by atoms with E-state index in [-0.39, 0.29) is 22.5 Å². The summed E-state index contributed by atoms with van der Waals surface area (Å²) in [5, 5.41) is 6.05. The van der Waals surface area contributed by atoms with Crippen LogP contribution >= 0.6 is 0 Å². The largest absolute Gasteiger partial charge is 0.383 e. The molecule has 1 saturated heterocycles. The molecule has 0 saturated carbocycles. The lowest BCUT2D eigenvalue weighted by molar-refractivity contribution is -0.134. The van der Waals surface area contributed by atoms with E-state index in [2.05, 4.69) is 10.2 Å². The van der Waals surface area contributed by atoms with Gasteiger partial charge in [-0.25, -0.2) is 8.42 Å². The molecule has 0 aliphatic carbocycles. The number of carbonyl (C=O) groups is 1. The molecule has 0 aromatic carbocycles. The number of nitrogen functional groups attached to an aromatic ring is 1. The fraction of sp³-hybridized carbons (Fsp3) is 0.636. The number of carbonyl (C=O) groups excluding carboxylic acids is 1. The lowest BCUT2D eigenvalue weighted by Gasteiger charge is -2.31. The summed E-state index contributed by atoms with van der Waals surface area (Å²) in [5.41, 5.74) is 5.56. The molecule has 1 fully saturated rings. The zero-order chi connectivity index (χ0) is 14.9. The first kappa shape index (κ1) is 14.8. The summed E-state index contributed by atoms with van der Waals surface area (Å²) >= 11 is 0. The Kier molecular flexibility index (Phi) is 4.00. The Morgan fingerprint density at radius 2 is 2.05 bits per heavy atom. The van der Waals surface area contributed by atoms with Crippen LogP contribution in [-0.4, -0.2) is 60.9 Å². The van der Waals surface area contributed by atoms with Crippen molar-refractivity contribution in [3.05, 3.63) is 6.20 Å². The van der Waals surface area contributed by atoms with Gasteiger partial charge in [-0.15, -0.1) is 0 Å². The van der Waals surface area contributed by atoms with Crippen LogP contribution in [0.3, 0.4) is 0 Å². The molecule has 0 bridgehead atoms. The summed E-state index contributed by atoms with van der Waals surface area (Å²) in [6.07, 6.45) is 2.25. The van der Waals surface area contributed by atoms with Crippen molar-refractivity contribution in [2.75, 3.05) is 32.9 Å². The van der Waals surface area contributed by atoms with Gasteiger partial charge in [-0.3, -0.25) is 9.89 Å². The highest BCUT2D eigenvalue weighted by molar-refractivity contribution is 7.89. The van der Waals surface area contributed by atoms with Crippen molar-refractivity contribution >= 4 is 21.7 Å². The lowest BCUT2D eigenvalue weighted by atomic mass is 9.97. The highest BCUT2D eigenvalue weighted by atomic mass is 32.2. The SMILES string of the molecule is CN(C)C(=O)C1CCN(S(=O)(=O)c2cn[nH]c2N)CC1. The van der Waals surface area contributed by atoms with Gasteiger partial charge < -0.3 is 10.6 Å². The van der Waals surface area contributed by atoms with Gasteiger partial charge in [-0.2, -0.15) is 9.40 Å². The van der Waals surface area contributed by atoms with Crippen LogP contribution in [0.15, 0.2) is 11.1 Å². The Balaban J connectivity index is 2.08. The number of H-pyrrole nitrogens is 1. The van der Waals surface area contributed by atoms with Crippen LogP contribution < -0.4 is 5.73 Å². The maximum atomic E-state index is 12.4. The molecular formula is C11H19N5O3S. The van der Waals surface area contributed by atoms with Crippen LogP contribution in [-0.2, 0) is 14.8 Å². The summed E-state index contributed by atoms with van der Waals surface area (Å²) in [7, 11) is -0.217. The quantitative estimate of drug-likeness (QED) is 0.780. The zero-order valence-corrected chi connectivity index (χ0v) is 12.4. The van der Waals surface area contributed by atoms with Gasteiger partial charge in [0.1, 0.15) is 10.7 Å². The molecule has 1 aromatic rings. The Labute approximate surface area is 118 Å². The van der Waals surface area contributed by atoms with Gasteiger partial charge in [0, 0.05) is 33.1 Å². The molecule has 1 aliphatic rings. The first-order chi connectivity index (χ1) is 9.34. The number of nitrogens with two attached hydrogens (primary N) is 1. The molecular weight excluding hydrogens is 282 g/mol. The van der Waals surface area contributed by atoms with Gasteiger partial charge in [-0.05, 0) is 12.8 Å². The van der Waals surface area contributed by atoms with E-state index in [4.69, 9.17) is 5.73 Å². The number of aromatic nitrogens is 2. The summed E-state index contributed by atoms with van der Waals surface area (Å²) < 4.78 is 26.1. The van der Waals surface area contributed by atoms with Gasteiger partial charge in [-0.1, -0.05) is 0 Å². The van der Waals surface area contributed by atoms with Gasteiger partial charge in [0.05, 0.1) is 6.20 Å². The van der Waals surface area contributed by atoms with Crippen molar-refractivity contribution in [1.82, 2.24) is 19.4 Å². The maximum absolute atomic E-state index is 12.4. The number of amides is 1. The molecule has 1 aromatic heterocycles. The third-order valence-electron chi connectivity index (χ3n) is 3.49. The number of anilines is 1. The van der Waals surface area contributed by atoms with Crippen LogP contribution in [0.1, 0.15) is 12.8 Å². The molecule has 0 unspecified atom stereocenters. The third-order valence-corrected chi connectivity index (χ3v) is 5.42. The molecule has 0 radical (unpaired) electrons. The number of hydrogen-bond donors (Lipinski definition) is 2. The topological polar surface area (TPSA) is 112 Å². The van der Waals surface area contributed by atoms with Gasteiger partial charge in [0.2, 0.25) is 15.9 Å². The first-order valence-corrected chi connectivity index (χ1v) is 7.78. The summed E-state index contributed by atoms with van der Waals surface area (Å²) in [6.45, 7) is 0.633. The van der Waals surface area contributed by atoms with Gasteiger partial charge >= 0.3 is 0 Å². The van der Waals surface area contributed by atoms with E-state index in [1.807, 2.05) is 0 Å². The number of nitrogens with zero attached hydrogens (tertiary/aromatic N) is 3. The van der Waals surface area contributed by atoms with Crippen molar-refractivity contribution in [1.29, 1.82) is 0 Å². The van der Waals surface area contributed by atoms with E-state index >= 15 is 0 Å². The second-order valence-corrected chi connectivity index (χ2v) is 6.97. The lowest BCUT2D eigenvalue weighted by Crippen LogP contribution is -2.42. The van der Waals surface area contributed by atoms with Gasteiger partial charge in [0.15, 0.2) is 0 Å². The van der Waals surface area contributed by atoms with Crippen LogP contribution in [0.5, 0.6) is 0 Å². The van der Waals surface area contributed by atoms with Crippen LogP contribution in [0.25, 0.3) is 0 Å². The molecule has 2 heterocycles. The molecule has 2 rings (SSSR count). The summed E-state index contributed by atoms with van der Waals surface area (Å²) in [6, 6.07) is 0. The van der Waals surface area contributed by atoms with E-state index in [0.717, 1.165) is 0 Å². The zero-order valence-electron chi connectivity index (χ0n) is 11.5. The predicted octanol–water partition coefficient (Wildman–Crippen LogP) is -0.519. The number of hydrogen-bond acceptors (Lipinski definition) is 5. The number of rotatable bonds is 3. The second-order valence-electron chi connectivity index (χ2n) is 5.06. The van der Waals surface area contributed by atoms with E-state index < -0.39 is 10.0 Å². The first-order valence-electron chi connectivity index (χ1n) is 6.34. The van der Waals surface area contributed by atoms with Crippen molar-refractivity contribution in [2.24, 2.45) is 5.92 Å².